The highest BCUT2D eigenvalue weighted by atomic mass is 16.5. The lowest BCUT2D eigenvalue weighted by Gasteiger charge is -2.34. The van der Waals surface area contributed by atoms with Crippen LogP contribution in [0.4, 0.5) is 0 Å². The molecule has 1 aliphatic heterocycles. The minimum Gasteiger partial charge on any atom is -0.361 e. The number of benzene rings is 1. The van der Waals surface area contributed by atoms with Crippen LogP contribution in [0, 0.1) is 13.8 Å². The third kappa shape index (κ3) is 3.90. The number of rotatable bonds is 4. The van der Waals surface area contributed by atoms with Crippen LogP contribution in [0.3, 0.4) is 0 Å². The largest absolute Gasteiger partial charge is 0.361 e. The quantitative estimate of drug-likeness (QED) is 0.855. The average molecular weight is 341 g/mol. The van der Waals surface area contributed by atoms with E-state index in [0.29, 0.717) is 49.6 Å². The van der Waals surface area contributed by atoms with Crippen LogP contribution < -0.4 is 0 Å². The summed E-state index contributed by atoms with van der Waals surface area (Å²) in [6, 6.07) is 10.0. The van der Waals surface area contributed by atoms with Gasteiger partial charge >= 0.3 is 0 Å². The second-order valence-electron chi connectivity index (χ2n) is 6.36. The van der Waals surface area contributed by atoms with Crippen LogP contribution in [0.15, 0.2) is 34.9 Å². The van der Waals surface area contributed by atoms with Crippen LogP contribution >= 0.6 is 0 Å². The molecule has 1 saturated heterocycles. The van der Waals surface area contributed by atoms with Crippen LogP contribution in [0.5, 0.6) is 0 Å². The van der Waals surface area contributed by atoms with Crippen molar-refractivity contribution in [2.75, 3.05) is 26.2 Å². The van der Waals surface area contributed by atoms with E-state index in [2.05, 4.69) is 5.16 Å². The molecule has 1 aliphatic rings. The molecule has 6 nitrogen and oxygen atoms in total. The van der Waals surface area contributed by atoms with E-state index in [-0.39, 0.29) is 11.8 Å². The Bertz CT molecular complexity index is 727. The summed E-state index contributed by atoms with van der Waals surface area (Å²) in [5.74, 6) is 0.629. The number of carbonyl (C=O) groups excluding carboxylic acids is 2. The van der Waals surface area contributed by atoms with Crippen molar-refractivity contribution < 1.29 is 14.1 Å². The first-order valence-corrected chi connectivity index (χ1v) is 8.60. The molecular weight excluding hydrogens is 318 g/mol. The van der Waals surface area contributed by atoms with Gasteiger partial charge in [-0.2, -0.15) is 0 Å². The molecular formula is C19H23N3O3. The fourth-order valence-electron chi connectivity index (χ4n) is 3.16. The normalized spacial score (nSPS) is 14.6. The summed E-state index contributed by atoms with van der Waals surface area (Å²) in [7, 11) is 0. The zero-order chi connectivity index (χ0) is 17.8. The van der Waals surface area contributed by atoms with Crippen molar-refractivity contribution in [3.8, 4) is 0 Å². The van der Waals surface area contributed by atoms with Crippen molar-refractivity contribution in [1.82, 2.24) is 15.0 Å². The molecule has 0 radical (unpaired) electrons. The molecule has 0 aliphatic carbocycles. The van der Waals surface area contributed by atoms with Gasteiger partial charge in [0.2, 0.25) is 5.91 Å². The lowest BCUT2D eigenvalue weighted by molar-refractivity contribution is -0.132. The Labute approximate surface area is 147 Å². The van der Waals surface area contributed by atoms with Gasteiger partial charge < -0.3 is 14.3 Å². The van der Waals surface area contributed by atoms with Gasteiger partial charge in [0, 0.05) is 32.6 Å². The van der Waals surface area contributed by atoms with E-state index in [9.17, 15) is 9.59 Å². The Hall–Kier alpha value is -2.63. The maximum absolute atomic E-state index is 12.6. The number of hydrogen-bond donors (Lipinski definition) is 0. The molecule has 0 unspecified atom stereocenters. The number of amides is 2. The summed E-state index contributed by atoms with van der Waals surface area (Å²) < 4.78 is 5.08. The number of aryl methyl sites for hydroxylation is 3. The van der Waals surface area contributed by atoms with Gasteiger partial charge in [0.25, 0.3) is 5.91 Å². The minimum atomic E-state index is -0.0624. The van der Waals surface area contributed by atoms with Gasteiger partial charge in [0.15, 0.2) is 0 Å². The predicted octanol–water partition coefficient (Wildman–Crippen LogP) is 2.21. The number of nitrogens with zero attached hydrogens (tertiary/aromatic N) is 3. The second-order valence-corrected chi connectivity index (χ2v) is 6.36. The lowest BCUT2D eigenvalue weighted by Crippen LogP contribution is -2.50. The molecule has 25 heavy (non-hydrogen) atoms. The Kier molecular flexibility index (Phi) is 5.16. The van der Waals surface area contributed by atoms with Crippen LogP contribution in [-0.2, 0) is 11.2 Å². The van der Waals surface area contributed by atoms with Crippen molar-refractivity contribution in [1.29, 1.82) is 0 Å². The molecule has 6 heteroatoms. The Balaban J connectivity index is 1.51. The van der Waals surface area contributed by atoms with E-state index in [1.54, 1.807) is 18.7 Å². The van der Waals surface area contributed by atoms with E-state index in [0.717, 1.165) is 6.42 Å². The van der Waals surface area contributed by atoms with Gasteiger partial charge in [-0.25, -0.2) is 0 Å². The van der Waals surface area contributed by atoms with Crippen LogP contribution in [0.2, 0.25) is 0 Å². The molecule has 0 atom stereocenters. The SMILES string of the molecule is Cc1noc(C)c1C(=O)N1CCN(C(=O)CCc2ccccc2)CC1. The summed E-state index contributed by atoms with van der Waals surface area (Å²) >= 11 is 0. The number of carbonyl (C=O) groups is 2. The fraction of sp³-hybridized carbons (Fsp3) is 0.421. The van der Waals surface area contributed by atoms with E-state index < -0.39 is 0 Å². The van der Waals surface area contributed by atoms with Gasteiger partial charge in [-0.3, -0.25) is 9.59 Å². The van der Waals surface area contributed by atoms with E-state index in [1.165, 1.54) is 5.56 Å². The molecule has 0 saturated carbocycles. The fourth-order valence-corrected chi connectivity index (χ4v) is 3.16. The highest BCUT2D eigenvalue weighted by molar-refractivity contribution is 5.96. The third-order valence-electron chi connectivity index (χ3n) is 4.64. The molecule has 1 aromatic carbocycles. The lowest BCUT2D eigenvalue weighted by atomic mass is 10.1. The van der Waals surface area contributed by atoms with E-state index in [1.807, 2.05) is 35.2 Å². The van der Waals surface area contributed by atoms with Gasteiger partial charge in [-0.1, -0.05) is 35.5 Å². The molecule has 0 spiro atoms. The molecule has 2 heterocycles. The van der Waals surface area contributed by atoms with Crippen LogP contribution in [0.1, 0.15) is 33.8 Å². The Morgan fingerprint density at radius 1 is 1.04 bits per heavy atom. The number of aromatic nitrogens is 1. The monoisotopic (exact) mass is 341 g/mol. The molecule has 132 valence electrons. The van der Waals surface area contributed by atoms with Crippen LogP contribution in [-0.4, -0.2) is 52.9 Å². The summed E-state index contributed by atoms with van der Waals surface area (Å²) in [5.41, 5.74) is 2.33. The zero-order valence-electron chi connectivity index (χ0n) is 14.7. The summed E-state index contributed by atoms with van der Waals surface area (Å²) in [5, 5.41) is 3.84. The third-order valence-corrected chi connectivity index (χ3v) is 4.64. The zero-order valence-corrected chi connectivity index (χ0v) is 14.7. The van der Waals surface area contributed by atoms with Gasteiger partial charge in [-0.05, 0) is 25.8 Å². The predicted molar refractivity (Wildman–Crippen MR) is 93.2 cm³/mol. The van der Waals surface area contributed by atoms with Gasteiger partial charge in [0.1, 0.15) is 11.3 Å². The first kappa shape index (κ1) is 17.2. The summed E-state index contributed by atoms with van der Waals surface area (Å²) in [6.45, 7) is 5.75. The van der Waals surface area contributed by atoms with Crippen molar-refractivity contribution in [2.45, 2.75) is 26.7 Å². The minimum absolute atomic E-state index is 0.0624. The molecule has 1 aromatic heterocycles. The molecule has 0 N–H and O–H groups in total. The van der Waals surface area contributed by atoms with Crippen molar-refractivity contribution in [3.63, 3.8) is 0 Å². The molecule has 2 aromatic rings. The molecule has 1 fully saturated rings. The Morgan fingerprint density at radius 3 is 2.28 bits per heavy atom. The smallest absolute Gasteiger partial charge is 0.259 e. The van der Waals surface area contributed by atoms with E-state index >= 15 is 0 Å². The van der Waals surface area contributed by atoms with Crippen molar-refractivity contribution in [2.24, 2.45) is 0 Å². The standard InChI is InChI=1S/C19H23N3O3/c1-14-18(15(2)25-20-14)19(24)22-12-10-21(11-13-22)17(23)9-8-16-6-4-3-5-7-16/h3-7H,8-13H2,1-2H3. The molecule has 0 bridgehead atoms. The number of piperazine rings is 1. The van der Waals surface area contributed by atoms with Gasteiger partial charge in [0.05, 0.1) is 5.69 Å². The maximum atomic E-state index is 12.6. The first-order chi connectivity index (χ1) is 12.1. The maximum Gasteiger partial charge on any atom is 0.259 e. The molecule has 2 amide bonds. The highest BCUT2D eigenvalue weighted by Gasteiger charge is 2.28. The Morgan fingerprint density at radius 2 is 1.68 bits per heavy atom. The topological polar surface area (TPSA) is 66.7 Å². The summed E-state index contributed by atoms with van der Waals surface area (Å²) in [6.07, 6.45) is 1.25. The van der Waals surface area contributed by atoms with Gasteiger partial charge in [-0.15, -0.1) is 0 Å². The highest BCUT2D eigenvalue weighted by Crippen LogP contribution is 2.17. The van der Waals surface area contributed by atoms with Crippen molar-refractivity contribution in [3.05, 3.63) is 52.9 Å². The second kappa shape index (κ2) is 7.51. The van der Waals surface area contributed by atoms with Crippen LogP contribution in [0.25, 0.3) is 0 Å². The summed E-state index contributed by atoms with van der Waals surface area (Å²) in [4.78, 5) is 28.6. The molecule has 3 rings (SSSR count). The van der Waals surface area contributed by atoms with E-state index in [4.69, 9.17) is 4.52 Å². The first-order valence-electron chi connectivity index (χ1n) is 8.60. The van der Waals surface area contributed by atoms with Crippen molar-refractivity contribution >= 4 is 11.8 Å². The number of hydrogen-bond acceptors (Lipinski definition) is 4. The average Bonchev–Trinajstić information content (AvgIpc) is 2.98.